The van der Waals surface area contributed by atoms with E-state index in [-0.39, 0.29) is 29.6 Å². The summed E-state index contributed by atoms with van der Waals surface area (Å²) in [5.74, 6) is -0.238. The number of ether oxygens (including phenoxy) is 1. The van der Waals surface area contributed by atoms with Crippen molar-refractivity contribution in [2.75, 3.05) is 26.2 Å². The molecule has 0 atom stereocenters. The van der Waals surface area contributed by atoms with Gasteiger partial charge in [0.2, 0.25) is 5.91 Å². The monoisotopic (exact) mass is 305 g/mol. The van der Waals surface area contributed by atoms with Gasteiger partial charge in [-0.15, -0.1) is 0 Å². The van der Waals surface area contributed by atoms with Gasteiger partial charge in [-0.2, -0.15) is 0 Å². The molecule has 2 aliphatic rings. The molecule has 3 heterocycles. The van der Waals surface area contributed by atoms with Crippen molar-refractivity contribution in [3.8, 4) is 0 Å². The Hall–Kier alpha value is -2.15. The predicted molar refractivity (Wildman–Crippen MR) is 78.5 cm³/mol. The van der Waals surface area contributed by atoms with Gasteiger partial charge in [0.05, 0.1) is 5.60 Å². The van der Waals surface area contributed by atoms with Crippen LogP contribution >= 0.6 is 0 Å². The third-order valence-corrected chi connectivity index (χ3v) is 4.48. The van der Waals surface area contributed by atoms with Gasteiger partial charge in [-0.1, -0.05) is 6.07 Å². The normalized spacial score (nSPS) is 20.8. The molecule has 0 unspecified atom stereocenters. The zero-order valence-corrected chi connectivity index (χ0v) is 12.5. The Labute approximate surface area is 127 Å². The summed E-state index contributed by atoms with van der Waals surface area (Å²) in [7, 11) is 1.60. The molecule has 2 aliphatic heterocycles. The average Bonchev–Trinajstić information content (AvgIpc) is 2.53. The first-order valence-corrected chi connectivity index (χ1v) is 7.37. The van der Waals surface area contributed by atoms with Crippen LogP contribution in [0.4, 0.5) is 0 Å². The van der Waals surface area contributed by atoms with Gasteiger partial charge in [-0.05, 0) is 18.9 Å². The molecule has 1 spiro atoms. The number of likely N-dealkylation sites (tertiary alicyclic amines) is 1. The quantitative estimate of drug-likeness (QED) is 0.759. The molecule has 2 saturated heterocycles. The highest BCUT2D eigenvalue weighted by Crippen LogP contribution is 2.28. The predicted octanol–water partition coefficient (Wildman–Crippen LogP) is -0.493. The summed E-state index contributed by atoms with van der Waals surface area (Å²) in [6.07, 6.45) is 1.36. The lowest BCUT2D eigenvalue weighted by atomic mass is 9.90. The van der Waals surface area contributed by atoms with Gasteiger partial charge < -0.3 is 19.5 Å². The molecule has 7 heteroatoms. The average molecular weight is 305 g/mol. The van der Waals surface area contributed by atoms with E-state index in [1.165, 1.54) is 10.6 Å². The number of pyridine rings is 1. The van der Waals surface area contributed by atoms with Gasteiger partial charge in [-0.3, -0.25) is 14.4 Å². The number of hydrogen-bond acceptors (Lipinski definition) is 4. The Morgan fingerprint density at radius 1 is 1.27 bits per heavy atom. The van der Waals surface area contributed by atoms with Crippen LogP contribution in [0, 0.1) is 0 Å². The second-order valence-corrected chi connectivity index (χ2v) is 5.85. The van der Waals surface area contributed by atoms with E-state index in [2.05, 4.69) is 5.32 Å². The van der Waals surface area contributed by atoms with Crippen molar-refractivity contribution in [1.82, 2.24) is 14.8 Å². The standard InChI is InChI=1S/C15H19N3O4/c1-17-11(3-2-4-13(17)20)14(21)18-7-5-15(6-8-18)10-16-12(19)9-22-15/h2-4H,5-10H2,1H3,(H,16,19). The molecule has 3 rings (SSSR count). The van der Waals surface area contributed by atoms with E-state index in [1.54, 1.807) is 24.1 Å². The minimum Gasteiger partial charge on any atom is -0.363 e. The third-order valence-electron chi connectivity index (χ3n) is 4.48. The Balaban J connectivity index is 1.69. The fourth-order valence-corrected chi connectivity index (χ4v) is 2.96. The SMILES string of the molecule is Cn1c(C(=O)N2CCC3(CC2)CNC(=O)CO3)cccc1=O. The number of nitrogens with one attached hydrogen (secondary N) is 1. The summed E-state index contributed by atoms with van der Waals surface area (Å²) >= 11 is 0. The lowest BCUT2D eigenvalue weighted by Crippen LogP contribution is -2.58. The van der Waals surface area contributed by atoms with Crippen molar-refractivity contribution in [3.05, 3.63) is 34.2 Å². The Bertz CT molecular complexity index is 647. The summed E-state index contributed by atoms with van der Waals surface area (Å²) < 4.78 is 7.06. The number of nitrogens with zero attached hydrogens (tertiary/aromatic N) is 2. The third kappa shape index (κ3) is 2.64. The van der Waals surface area contributed by atoms with Crippen LogP contribution in [0.5, 0.6) is 0 Å². The minimum absolute atomic E-state index is 0.0845. The number of rotatable bonds is 1. The largest absolute Gasteiger partial charge is 0.363 e. The number of aromatic nitrogens is 1. The smallest absolute Gasteiger partial charge is 0.270 e. The zero-order chi connectivity index (χ0) is 15.7. The first-order valence-electron chi connectivity index (χ1n) is 7.37. The first kappa shape index (κ1) is 14.8. The van der Waals surface area contributed by atoms with Crippen LogP contribution in [-0.4, -0.2) is 53.1 Å². The highest BCUT2D eigenvalue weighted by Gasteiger charge is 2.40. The fourth-order valence-electron chi connectivity index (χ4n) is 2.96. The molecule has 1 aromatic rings. The maximum Gasteiger partial charge on any atom is 0.270 e. The van der Waals surface area contributed by atoms with Gasteiger partial charge >= 0.3 is 0 Å². The van der Waals surface area contributed by atoms with Crippen LogP contribution in [0.25, 0.3) is 0 Å². The van der Waals surface area contributed by atoms with Crippen LogP contribution < -0.4 is 10.9 Å². The van der Waals surface area contributed by atoms with Crippen molar-refractivity contribution < 1.29 is 14.3 Å². The van der Waals surface area contributed by atoms with E-state index in [9.17, 15) is 14.4 Å². The molecular weight excluding hydrogens is 286 g/mol. The lowest BCUT2D eigenvalue weighted by Gasteiger charge is -2.43. The van der Waals surface area contributed by atoms with E-state index < -0.39 is 0 Å². The second-order valence-electron chi connectivity index (χ2n) is 5.85. The van der Waals surface area contributed by atoms with Gasteiger partial charge in [0.15, 0.2) is 0 Å². The van der Waals surface area contributed by atoms with Crippen LogP contribution in [0.15, 0.2) is 23.0 Å². The molecule has 0 saturated carbocycles. The van der Waals surface area contributed by atoms with Crippen molar-refractivity contribution in [2.24, 2.45) is 7.05 Å². The molecular formula is C15H19N3O4. The van der Waals surface area contributed by atoms with Crippen LogP contribution in [-0.2, 0) is 16.6 Å². The van der Waals surface area contributed by atoms with Crippen molar-refractivity contribution >= 4 is 11.8 Å². The number of morpholine rings is 1. The highest BCUT2D eigenvalue weighted by atomic mass is 16.5. The van der Waals surface area contributed by atoms with Crippen LogP contribution in [0.2, 0.25) is 0 Å². The van der Waals surface area contributed by atoms with E-state index in [1.807, 2.05) is 0 Å². The van der Waals surface area contributed by atoms with E-state index in [0.29, 0.717) is 38.2 Å². The molecule has 1 aromatic heterocycles. The van der Waals surface area contributed by atoms with Crippen molar-refractivity contribution in [2.45, 2.75) is 18.4 Å². The Morgan fingerprint density at radius 2 is 2.00 bits per heavy atom. The van der Waals surface area contributed by atoms with Crippen LogP contribution in [0.1, 0.15) is 23.3 Å². The minimum atomic E-state index is -0.354. The van der Waals surface area contributed by atoms with E-state index >= 15 is 0 Å². The Morgan fingerprint density at radius 3 is 2.64 bits per heavy atom. The molecule has 22 heavy (non-hydrogen) atoms. The van der Waals surface area contributed by atoms with Crippen molar-refractivity contribution in [1.29, 1.82) is 0 Å². The fraction of sp³-hybridized carbons (Fsp3) is 0.533. The molecule has 7 nitrogen and oxygen atoms in total. The molecule has 0 bridgehead atoms. The number of carbonyl (C=O) groups excluding carboxylic acids is 2. The number of piperidine rings is 1. The van der Waals surface area contributed by atoms with E-state index in [0.717, 1.165) is 0 Å². The van der Waals surface area contributed by atoms with Crippen LogP contribution in [0.3, 0.4) is 0 Å². The summed E-state index contributed by atoms with van der Waals surface area (Å²) in [5, 5.41) is 2.82. The molecule has 0 aromatic carbocycles. The summed E-state index contributed by atoms with van der Waals surface area (Å²) in [5.41, 5.74) is -0.160. The molecule has 0 radical (unpaired) electrons. The Kier molecular flexibility index (Phi) is 3.74. The summed E-state index contributed by atoms with van der Waals surface area (Å²) in [4.78, 5) is 37.1. The molecule has 2 fully saturated rings. The highest BCUT2D eigenvalue weighted by molar-refractivity contribution is 5.92. The van der Waals surface area contributed by atoms with Gasteiger partial charge in [0.1, 0.15) is 12.3 Å². The maximum atomic E-state index is 12.6. The molecule has 0 aliphatic carbocycles. The second kappa shape index (κ2) is 5.57. The zero-order valence-electron chi connectivity index (χ0n) is 12.5. The van der Waals surface area contributed by atoms with E-state index in [4.69, 9.17) is 4.74 Å². The molecule has 2 amide bonds. The molecule has 1 N–H and O–H groups in total. The van der Waals surface area contributed by atoms with Gasteiger partial charge in [-0.25, -0.2) is 0 Å². The van der Waals surface area contributed by atoms with Crippen molar-refractivity contribution in [3.63, 3.8) is 0 Å². The lowest BCUT2D eigenvalue weighted by molar-refractivity contribution is -0.149. The first-order chi connectivity index (χ1) is 10.5. The van der Waals surface area contributed by atoms with Gasteiger partial charge in [0, 0.05) is 32.7 Å². The summed E-state index contributed by atoms with van der Waals surface area (Å²) in [6, 6.07) is 4.69. The summed E-state index contributed by atoms with van der Waals surface area (Å²) in [6.45, 7) is 1.69. The number of carbonyl (C=O) groups is 2. The maximum absolute atomic E-state index is 12.6. The topological polar surface area (TPSA) is 80.6 Å². The molecule has 118 valence electrons. The number of hydrogen-bond donors (Lipinski definition) is 1. The number of amides is 2. The van der Waals surface area contributed by atoms with Gasteiger partial charge in [0.25, 0.3) is 11.5 Å².